The smallest absolute Gasteiger partial charge is 0.408 e. The van der Waals surface area contributed by atoms with Gasteiger partial charge in [0.2, 0.25) is 0 Å². The summed E-state index contributed by atoms with van der Waals surface area (Å²) in [4.78, 5) is 22.6. The summed E-state index contributed by atoms with van der Waals surface area (Å²) in [7, 11) is 0. The molecule has 0 saturated heterocycles. The molecule has 0 saturated carbocycles. The topological polar surface area (TPSA) is 55.4 Å². The molecule has 0 fully saturated rings. The zero-order valence-electron chi connectivity index (χ0n) is 9.48. The first-order valence-electron chi connectivity index (χ1n) is 5.19. The highest BCUT2D eigenvalue weighted by Gasteiger charge is 2.14. The molecule has 0 aromatic heterocycles. The number of carbonyl (C=O) groups is 2. The lowest BCUT2D eigenvalue weighted by Crippen LogP contribution is -2.39. The second-order valence-electron chi connectivity index (χ2n) is 3.53. The molecular formula is C12H14BrNO3. The predicted molar refractivity (Wildman–Crippen MR) is 68.0 cm³/mol. The van der Waals surface area contributed by atoms with Gasteiger partial charge in [-0.3, -0.25) is 4.79 Å². The molecule has 1 N–H and O–H groups in total. The fraction of sp³-hybridized carbons (Fsp3) is 0.333. The number of alkyl carbamates (subject to hydrolysis) is 1. The van der Waals surface area contributed by atoms with Crippen molar-refractivity contribution in [1.82, 2.24) is 5.32 Å². The summed E-state index contributed by atoms with van der Waals surface area (Å²) in [6.07, 6.45) is -0.587. The van der Waals surface area contributed by atoms with Crippen LogP contribution in [0.1, 0.15) is 12.5 Å². The number of benzene rings is 1. The van der Waals surface area contributed by atoms with Gasteiger partial charge < -0.3 is 10.1 Å². The van der Waals surface area contributed by atoms with E-state index >= 15 is 0 Å². The fourth-order valence-corrected chi connectivity index (χ4v) is 1.62. The minimum absolute atomic E-state index is 0.0957. The van der Waals surface area contributed by atoms with Crippen LogP contribution in [0.15, 0.2) is 30.3 Å². The van der Waals surface area contributed by atoms with E-state index in [2.05, 4.69) is 21.2 Å². The zero-order chi connectivity index (χ0) is 12.7. The van der Waals surface area contributed by atoms with Crippen LogP contribution in [0.3, 0.4) is 0 Å². The maximum Gasteiger partial charge on any atom is 0.408 e. The Labute approximate surface area is 108 Å². The first-order valence-corrected chi connectivity index (χ1v) is 6.31. The van der Waals surface area contributed by atoms with Crippen LogP contribution < -0.4 is 5.32 Å². The second-order valence-corrected chi connectivity index (χ2v) is 4.09. The Morgan fingerprint density at radius 2 is 2.00 bits per heavy atom. The standard InChI is InChI=1S/C12H14BrNO3/c1-9(11(15)7-13)14-12(16)17-8-10-5-3-2-4-6-10/h2-6,9H,7-8H2,1H3,(H,14,16)/t9-/m0/s1. The van der Waals surface area contributed by atoms with Crippen molar-refractivity contribution in [2.45, 2.75) is 19.6 Å². The summed E-state index contributed by atoms with van der Waals surface area (Å²) < 4.78 is 4.98. The Balaban J connectivity index is 2.33. The van der Waals surface area contributed by atoms with E-state index in [9.17, 15) is 9.59 Å². The van der Waals surface area contributed by atoms with Crippen LogP contribution in [0.4, 0.5) is 4.79 Å². The van der Waals surface area contributed by atoms with E-state index in [0.717, 1.165) is 5.56 Å². The monoisotopic (exact) mass is 299 g/mol. The molecule has 92 valence electrons. The SMILES string of the molecule is C[C@H](NC(=O)OCc1ccccc1)C(=O)CBr. The summed E-state index contributed by atoms with van der Waals surface area (Å²) in [6, 6.07) is 8.81. The number of Topliss-reactive ketones (excluding diaryl/α,β-unsaturated/α-hetero) is 1. The van der Waals surface area contributed by atoms with E-state index in [4.69, 9.17) is 4.74 Å². The van der Waals surface area contributed by atoms with Crippen LogP contribution in [-0.4, -0.2) is 23.2 Å². The van der Waals surface area contributed by atoms with Gasteiger partial charge in [0.05, 0.1) is 11.4 Å². The lowest BCUT2D eigenvalue weighted by atomic mass is 10.2. The average Bonchev–Trinajstić information content (AvgIpc) is 2.36. The number of ether oxygens (including phenoxy) is 1. The van der Waals surface area contributed by atoms with Crippen molar-refractivity contribution in [3.8, 4) is 0 Å². The number of rotatable bonds is 5. The van der Waals surface area contributed by atoms with E-state index in [1.54, 1.807) is 6.92 Å². The second kappa shape index (κ2) is 7.06. The van der Waals surface area contributed by atoms with Gasteiger partial charge in [-0.15, -0.1) is 0 Å². The molecule has 0 aliphatic carbocycles. The molecule has 5 heteroatoms. The molecule has 0 spiro atoms. The molecule has 1 rings (SSSR count). The number of ketones is 1. The number of hydrogen-bond acceptors (Lipinski definition) is 3. The van der Waals surface area contributed by atoms with Crippen molar-refractivity contribution in [2.24, 2.45) is 0 Å². The van der Waals surface area contributed by atoms with Crippen molar-refractivity contribution < 1.29 is 14.3 Å². The summed E-state index contributed by atoms with van der Waals surface area (Å²) in [5, 5.41) is 2.68. The van der Waals surface area contributed by atoms with Crippen molar-refractivity contribution in [2.75, 3.05) is 5.33 Å². The van der Waals surface area contributed by atoms with E-state index in [-0.39, 0.29) is 17.7 Å². The minimum Gasteiger partial charge on any atom is -0.445 e. The van der Waals surface area contributed by atoms with Gasteiger partial charge >= 0.3 is 6.09 Å². The van der Waals surface area contributed by atoms with Gasteiger partial charge in [-0.25, -0.2) is 4.79 Å². The lowest BCUT2D eigenvalue weighted by Gasteiger charge is -2.11. The van der Waals surface area contributed by atoms with Crippen LogP contribution in [-0.2, 0) is 16.1 Å². The van der Waals surface area contributed by atoms with Crippen molar-refractivity contribution in [1.29, 1.82) is 0 Å². The first-order chi connectivity index (χ1) is 8.13. The summed E-state index contributed by atoms with van der Waals surface area (Å²) >= 11 is 3.04. The number of nitrogens with one attached hydrogen (secondary N) is 1. The molecule has 0 heterocycles. The molecule has 0 radical (unpaired) electrons. The third kappa shape index (κ3) is 4.99. The van der Waals surface area contributed by atoms with E-state index in [0.29, 0.717) is 0 Å². The molecule has 0 aliphatic heterocycles. The summed E-state index contributed by atoms with van der Waals surface area (Å²) in [6.45, 7) is 1.81. The molecule has 1 amide bonds. The van der Waals surface area contributed by atoms with Crippen LogP contribution in [0, 0.1) is 0 Å². The molecule has 4 nitrogen and oxygen atoms in total. The van der Waals surface area contributed by atoms with Crippen LogP contribution in [0.25, 0.3) is 0 Å². The highest BCUT2D eigenvalue weighted by atomic mass is 79.9. The van der Waals surface area contributed by atoms with Crippen molar-refractivity contribution in [3.05, 3.63) is 35.9 Å². The maximum atomic E-state index is 11.3. The molecular weight excluding hydrogens is 286 g/mol. The quantitative estimate of drug-likeness (QED) is 0.849. The fourth-order valence-electron chi connectivity index (χ4n) is 1.14. The van der Waals surface area contributed by atoms with Gasteiger partial charge in [0, 0.05) is 0 Å². The Bertz CT molecular complexity index is 381. The van der Waals surface area contributed by atoms with Gasteiger partial charge in [-0.05, 0) is 12.5 Å². The van der Waals surface area contributed by atoms with Crippen molar-refractivity contribution in [3.63, 3.8) is 0 Å². The Hall–Kier alpha value is -1.36. The third-order valence-electron chi connectivity index (χ3n) is 2.16. The van der Waals surface area contributed by atoms with Gasteiger partial charge in [-0.2, -0.15) is 0 Å². The lowest BCUT2D eigenvalue weighted by molar-refractivity contribution is -0.118. The van der Waals surface area contributed by atoms with Crippen LogP contribution >= 0.6 is 15.9 Å². The predicted octanol–water partition coefficient (Wildman–Crippen LogP) is 2.27. The number of amides is 1. The van der Waals surface area contributed by atoms with E-state index in [1.807, 2.05) is 30.3 Å². The number of carbonyl (C=O) groups excluding carboxylic acids is 2. The van der Waals surface area contributed by atoms with E-state index < -0.39 is 12.1 Å². The molecule has 1 aromatic carbocycles. The average molecular weight is 300 g/mol. The Kier molecular flexibility index (Phi) is 5.69. The van der Waals surface area contributed by atoms with Gasteiger partial charge in [0.15, 0.2) is 5.78 Å². The van der Waals surface area contributed by atoms with E-state index in [1.165, 1.54) is 0 Å². The molecule has 1 atom stereocenters. The molecule has 17 heavy (non-hydrogen) atoms. The van der Waals surface area contributed by atoms with Gasteiger partial charge in [0.25, 0.3) is 0 Å². The Morgan fingerprint density at radius 1 is 1.35 bits per heavy atom. The highest BCUT2D eigenvalue weighted by Crippen LogP contribution is 2.01. The van der Waals surface area contributed by atoms with Crippen LogP contribution in [0.2, 0.25) is 0 Å². The highest BCUT2D eigenvalue weighted by molar-refractivity contribution is 9.09. The Morgan fingerprint density at radius 3 is 2.59 bits per heavy atom. The van der Waals surface area contributed by atoms with Crippen LogP contribution in [0.5, 0.6) is 0 Å². The first kappa shape index (κ1) is 13.7. The van der Waals surface area contributed by atoms with Gasteiger partial charge in [-0.1, -0.05) is 46.3 Å². The molecule has 0 bridgehead atoms. The number of hydrogen-bond donors (Lipinski definition) is 1. The number of halogens is 1. The van der Waals surface area contributed by atoms with Gasteiger partial charge in [0.1, 0.15) is 6.61 Å². The summed E-state index contributed by atoms with van der Waals surface area (Å²) in [5.74, 6) is -0.0957. The molecule has 0 aliphatic rings. The molecule has 1 aromatic rings. The maximum absolute atomic E-state index is 11.3. The summed E-state index contributed by atoms with van der Waals surface area (Å²) in [5.41, 5.74) is 0.905. The minimum atomic E-state index is -0.587. The zero-order valence-corrected chi connectivity index (χ0v) is 11.1. The molecule has 0 unspecified atom stereocenters. The third-order valence-corrected chi connectivity index (χ3v) is 2.71. The largest absolute Gasteiger partial charge is 0.445 e. The normalized spacial score (nSPS) is 11.6. The number of alkyl halides is 1. The van der Waals surface area contributed by atoms with Crippen molar-refractivity contribution >= 4 is 27.8 Å².